The average molecular weight is 429 g/mol. The lowest BCUT2D eigenvalue weighted by atomic mass is 9.57. The number of guanidine groups is 1. The van der Waals surface area contributed by atoms with Gasteiger partial charge in [-0.25, -0.2) is 0 Å². The van der Waals surface area contributed by atoms with Gasteiger partial charge in [0.15, 0.2) is 5.96 Å². The summed E-state index contributed by atoms with van der Waals surface area (Å²) in [5.74, 6) is 1.53. The predicted molar refractivity (Wildman–Crippen MR) is 105 cm³/mol. The van der Waals surface area contributed by atoms with Gasteiger partial charge in [0.2, 0.25) is 0 Å². The fourth-order valence-electron chi connectivity index (χ4n) is 3.93. The monoisotopic (exact) mass is 429 g/mol. The Bertz CT molecular complexity index is 532. The summed E-state index contributed by atoms with van der Waals surface area (Å²) in [7, 11) is 1.84. The van der Waals surface area contributed by atoms with Crippen LogP contribution in [0.25, 0.3) is 0 Å². The first-order valence-electron chi connectivity index (χ1n) is 8.25. The third kappa shape index (κ3) is 3.82. The summed E-state index contributed by atoms with van der Waals surface area (Å²) in [6, 6.07) is 11.0. The molecule has 2 aliphatic rings. The predicted octanol–water partition coefficient (Wildman–Crippen LogP) is 2.83. The van der Waals surface area contributed by atoms with E-state index >= 15 is 0 Å². The minimum absolute atomic E-state index is 0. The summed E-state index contributed by atoms with van der Waals surface area (Å²) in [6.45, 7) is 6.36. The SMILES string of the molecule is CN=C(NCCc1ccccc1)NC1C2CCOC2C1(C)C.I. The highest BCUT2D eigenvalue weighted by Gasteiger charge is 2.59. The number of fused-ring (bicyclic) bond motifs is 1. The molecule has 1 saturated heterocycles. The number of benzene rings is 1. The minimum Gasteiger partial charge on any atom is -0.377 e. The molecule has 0 radical (unpaired) electrons. The molecule has 128 valence electrons. The molecule has 1 saturated carbocycles. The number of halogens is 1. The fraction of sp³-hybridized carbons (Fsp3) is 0.611. The van der Waals surface area contributed by atoms with Gasteiger partial charge in [0.25, 0.3) is 0 Å². The van der Waals surface area contributed by atoms with Gasteiger partial charge >= 0.3 is 0 Å². The van der Waals surface area contributed by atoms with Gasteiger partial charge in [-0.2, -0.15) is 0 Å². The molecule has 0 aromatic heterocycles. The second-order valence-electron chi connectivity index (χ2n) is 6.92. The highest BCUT2D eigenvalue weighted by Crippen LogP contribution is 2.51. The van der Waals surface area contributed by atoms with Crippen LogP contribution in [0, 0.1) is 11.3 Å². The third-order valence-corrected chi connectivity index (χ3v) is 5.17. The molecule has 5 heteroatoms. The molecule has 2 fully saturated rings. The van der Waals surface area contributed by atoms with Crippen molar-refractivity contribution in [3.05, 3.63) is 35.9 Å². The van der Waals surface area contributed by atoms with E-state index in [0.717, 1.165) is 32.0 Å². The molecule has 0 amide bonds. The maximum Gasteiger partial charge on any atom is 0.191 e. The Labute approximate surface area is 156 Å². The molecule has 23 heavy (non-hydrogen) atoms. The molecule has 3 rings (SSSR count). The van der Waals surface area contributed by atoms with Crippen LogP contribution in [-0.2, 0) is 11.2 Å². The van der Waals surface area contributed by atoms with Crippen LogP contribution in [0.15, 0.2) is 35.3 Å². The van der Waals surface area contributed by atoms with Gasteiger partial charge in [-0.05, 0) is 18.4 Å². The van der Waals surface area contributed by atoms with Gasteiger partial charge in [-0.3, -0.25) is 4.99 Å². The van der Waals surface area contributed by atoms with Crippen LogP contribution in [0.2, 0.25) is 0 Å². The first kappa shape index (κ1) is 18.5. The Morgan fingerprint density at radius 2 is 2.04 bits per heavy atom. The number of hydrogen-bond donors (Lipinski definition) is 2. The molecular weight excluding hydrogens is 401 g/mol. The van der Waals surface area contributed by atoms with Crippen molar-refractivity contribution in [1.82, 2.24) is 10.6 Å². The summed E-state index contributed by atoms with van der Waals surface area (Å²) < 4.78 is 5.85. The summed E-state index contributed by atoms with van der Waals surface area (Å²) >= 11 is 0. The smallest absolute Gasteiger partial charge is 0.191 e. The summed E-state index contributed by atoms with van der Waals surface area (Å²) in [5, 5.41) is 7.04. The Kier molecular flexibility index (Phi) is 6.31. The third-order valence-electron chi connectivity index (χ3n) is 5.17. The topological polar surface area (TPSA) is 45.7 Å². The van der Waals surface area contributed by atoms with Crippen LogP contribution in [0.5, 0.6) is 0 Å². The molecule has 0 spiro atoms. The van der Waals surface area contributed by atoms with E-state index in [4.69, 9.17) is 4.74 Å². The Morgan fingerprint density at radius 3 is 2.74 bits per heavy atom. The zero-order valence-electron chi connectivity index (χ0n) is 14.2. The molecule has 1 heterocycles. The van der Waals surface area contributed by atoms with E-state index in [-0.39, 0.29) is 29.4 Å². The number of hydrogen-bond acceptors (Lipinski definition) is 2. The summed E-state index contributed by atoms with van der Waals surface area (Å²) in [6.07, 6.45) is 2.57. The molecule has 3 atom stereocenters. The second kappa shape index (κ2) is 7.83. The summed E-state index contributed by atoms with van der Waals surface area (Å²) in [5.41, 5.74) is 1.52. The lowest BCUT2D eigenvalue weighted by Crippen LogP contribution is -2.68. The van der Waals surface area contributed by atoms with Gasteiger partial charge in [0.1, 0.15) is 0 Å². The van der Waals surface area contributed by atoms with E-state index in [1.165, 1.54) is 5.56 Å². The van der Waals surface area contributed by atoms with Crippen molar-refractivity contribution in [1.29, 1.82) is 0 Å². The second-order valence-corrected chi connectivity index (χ2v) is 6.92. The molecule has 0 bridgehead atoms. The largest absolute Gasteiger partial charge is 0.377 e. The van der Waals surface area contributed by atoms with E-state index in [2.05, 4.69) is 59.8 Å². The van der Waals surface area contributed by atoms with Crippen molar-refractivity contribution in [2.24, 2.45) is 16.3 Å². The lowest BCUT2D eigenvalue weighted by Gasteiger charge is -2.54. The number of aliphatic imine (C=N–C) groups is 1. The molecule has 1 aliphatic carbocycles. The van der Waals surface area contributed by atoms with Crippen LogP contribution in [0.3, 0.4) is 0 Å². The van der Waals surface area contributed by atoms with Crippen molar-refractivity contribution in [2.45, 2.75) is 38.8 Å². The number of ether oxygens (including phenoxy) is 1. The van der Waals surface area contributed by atoms with Gasteiger partial charge in [0, 0.05) is 37.6 Å². The average Bonchev–Trinajstić information content (AvgIpc) is 2.98. The van der Waals surface area contributed by atoms with Gasteiger partial charge in [0.05, 0.1) is 6.10 Å². The molecular formula is C18H28IN3O. The van der Waals surface area contributed by atoms with Crippen molar-refractivity contribution in [3.8, 4) is 0 Å². The molecule has 3 unspecified atom stereocenters. The molecule has 4 nitrogen and oxygen atoms in total. The zero-order chi connectivity index (χ0) is 15.6. The van der Waals surface area contributed by atoms with Gasteiger partial charge in [-0.15, -0.1) is 24.0 Å². The Balaban J connectivity index is 0.00000192. The van der Waals surface area contributed by atoms with Crippen molar-refractivity contribution >= 4 is 29.9 Å². The highest BCUT2D eigenvalue weighted by atomic mass is 127. The van der Waals surface area contributed by atoms with Crippen LogP contribution in [-0.4, -0.2) is 38.3 Å². The van der Waals surface area contributed by atoms with E-state index < -0.39 is 0 Å². The quantitative estimate of drug-likeness (QED) is 0.440. The molecule has 1 aliphatic heterocycles. The Hall–Kier alpha value is -0.820. The van der Waals surface area contributed by atoms with E-state index in [0.29, 0.717) is 18.1 Å². The first-order chi connectivity index (χ1) is 10.6. The van der Waals surface area contributed by atoms with Crippen LogP contribution in [0.4, 0.5) is 0 Å². The van der Waals surface area contributed by atoms with Crippen molar-refractivity contribution in [3.63, 3.8) is 0 Å². The number of nitrogens with one attached hydrogen (secondary N) is 2. The minimum atomic E-state index is 0. The lowest BCUT2D eigenvalue weighted by molar-refractivity contribution is -0.106. The van der Waals surface area contributed by atoms with E-state index in [9.17, 15) is 0 Å². The molecule has 1 aromatic rings. The van der Waals surface area contributed by atoms with Crippen molar-refractivity contribution < 1.29 is 4.74 Å². The van der Waals surface area contributed by atoms with E-state index in [1.807, 2.05) is 7.05 Å². The van der Waals surface area contributed by atoms with Gasteiger partial charge in [-0.1, -0.05) is 44.2 Å². The van der Waals surface area contributed by atoms with Gasteiger partial charge < -0.3 is 15.4 Å². The van der Waals surface area contributed by atoms with Crippen molar-refractivity contribution in [2.75, 3.05) is 20.2 Å². The molecule has 1 aromatic carbocycles. The number of rotatable bonds is 4. The number of nitrogens with zero attached hydrogens (tertiary/aromatic N) is 1. The maximum absolute atomic E-state index is 5.85. The highest BCUT2D eigenvalue weighted by molar-refractivity contribution is 14.0. The summed E-state index contributed by atoms with van der Waals surface area (Å²) in [4.78, 5) is 4.37. The van der Waals surface area contributed by atoms with E-state index in [1.54, 1.807) is 0 Å². The Morgan fingerprint density at radius 1 is 1.30 bits per heavy atom. The standard InChI is InChI=1S/C18H27N3O.HI/c1-18(2)15(14-10-12-22-16(14)18)21-17(19-3)20-11-9-13-7-5-4-6-8-13;/h4-8,14-16H,9-12H2,1-3H3,(H2,19,20,21);1H. The fourth-order valence-corrected chi connectivity index (χ4v) is 3.93. The normalized spacial score (nSPS) is 28.3. The van der Waals surface area contributed by atoms with Crippen LogP contribution < -0.4 is 10.6 Å². The van der Waals surface area contributed by atoms with Crippen LogP contribution >= 0.6 is 24.0 Å². The zero-order valence-corrected chi connectivity index (χ0v) is 16.5. The molecule has 2 N–H and O–H groups in total. The first-order valence-corrected chi connectivity index (χ1v) is 8.25. The van der Waals surface area contributed by atoms with Crippen LogP contribution in [0.1, 0.15) is 25.8 Å². The maximum atomic E-state index is 5.85.